The minimum atomic E-state index is -0.131. The number of ketones is 1. The summed E-state index contributed by atoms with van der Waals surface area (Å²) in [5, 5.41) is 0. The van der Waals surface area contributed by atoms with Gasteiger partial charge in [-0.2, -0.15) is 0 Å². The number of rotatable bonds is 0. The zero-order valence-corrected chi connectivity index (χ0v) is 16.5. The highest BCUT2D eigenvalue weighted by Gasteiger charge is 2.81. The van der Waals surface area contributed by atoms with Gasteiger partial charge in [0.25, 0.3) is 0 Å². The van der Waals surface area contributed by atoms with Gasteiger partial charge in [0.2, 0.25) is 0 Å². The van der Waals surface area contributed by atoms with Crippen molar-refractivity contribution in [2.45, 2.75) is 70.8 Å². The molecule has 1 spiro atoms. The van der Waals surface area contributed by atoms with Crippen LogP contribution >= 0.6 is 0 Å². The fraction of sp³-hybridized carbons (Fsp3) is 0.833. The summed E-state index contributed by atoms with van der Waals surface area (Å²) in [5.74, 6) is 5.65. The third kappa shape index (κ3) is 1.58. The summed E-state index contributed by atoms with van der Waals surface area (Å²) < 4.78 is 6.22. The molecule has 1 unspecified atom stereocenters. The maximum Gasteiger partial charge on any atom is 0.306 e. The van der Waals surface area contributed by atoms with Crippen LogP contribution in [0.2, 0.25) is 0 Å². The molecule has 0 aromatic heterocycles. The summed E-state index contributed by atoms with van der Waals surface area (Å²) >= 11 is 0. The van der Waals surface area contributed by atoms with Gasteiger partial charge in [-0.1, -0.05) is 19.4 Å². The van der Waals surface area contributed by atoms with Gasteiger partial charge in [0, 0.05) is 24.2 Å². The maximum absolute atomic E-state index is 12.2. The molecule has 0 bridgehead atoms. The number of carbonyl (C=O) groups is 2. The maximum atomic E-state index is 12.2. The number of carbonyl (C=O) groups excluding carboxylic acids is 2. The van der Waals surface area contributed by atoms with Crippen molar-refractivity contribution in [2.75, 3.05) is 0 Å². The Morgan fingerprint density at radius 2 is 1.85 bits per heavy atom. The smallest absolute Gasteiger partial charge is 0.306 e. The van der Waals surface area contributed by atoms with E-state index in [9.17, 15) is 9.59 Å². The van der Waals surface area contributed by atoms with Crippen molar-refractivity contribution >= 4 is 11.8 Å². The first-order valence-corrected chi connectivity index (χ1v) is 11.4. The van der Waals surface area contributed by atoms with E-state index in [4.69, 9.17) is 4.74 Å². The molecule has 7 aliphatic rings. The van der Waals surface area contributed by atoms with Crippen LogP contribution in [0.4, 0.5) is 0 Å². The molecule has 3 nitrogen and oxygen atoms in total. The number of ether oxygens (including phenoxy) is 1. The Kier molecular flexibility index (Phi) is 2.56. The fourth-order valence-corrected chi connectivity index (χ4v) is 9.74. The Balaban J connectivity index is 1.33. The van der Waals surface area contributed by atoms with E-state index in [1.54, 1.807) is 0 Å². The number of esters is 1. The summed E-state index contributed by atoms with van der Waals surface area (Å²) in [6.45, 7) is 4.99. The summed E-state index contributed by atoms with van der Waals surface area (Å²) in [4.78, 5) is 24.3. The van der Waals surface area contributed by atoms with Gasteiger partial charge in [-0.25, -0.2) is 0 Å². The van der Waals surface area contributed by atoms with E-state index in [1.165, 1.54) is 31.3 Å². The summed E-state index contributed by atoms with van der Waals surface area (Å²) in [6, 6.07) is 0. The first kappa shape index (κ1) is 15.8. The number of allylic oxidation sites excluding steroid dienone is 1. The highest BCUT2D eigenvalue weighted by Crippen LogP contribution is 2.82. The molecule has 0 amide bonds. The topological polar surface area (TPSA) is 43.4 Å². The zero-order valence-electron chi connectivity index (χ0n) is 16.5. The van der Waals surface area contributed by atoms with Gasteiger partial charge in [0.15, 0.2) is 5.78 Å². The lowest BCUT2D eigenvalue weighted by atomic mass is 9.45. The van der Waals surface area contributed by atoms with Crippen molar-refractivity contribution in [1.82, 2.24) is 0 Å². The summed E-state index contributed by atoms with van der Waals surface area (Å²) in [5.41, 5.74) is 1.85. The number of hydrogen-bond donors (Lipinski definition) is 0. The van der Waals surface area contributed by atoms with Crippen LogP contribution in [0, 0.1) is 52.3 Å². The molecule has 7 rings (SSSR count). The van der Waals surface area contributed by atoms with Crippen molar-refractivity contribution < 1.29 is 14.3 Å². The molecule has 6 fully saturated rings. The summed E-state index contributed by atoms with van der Waals surface area (Å²) in [7, 11) is 0. The molecule has 0 aromatic rings. The Labute approximate surface area is 161 Å². The lowest BCUT2D eigenvalue weighted by molar-refractivity contribution is -0.177. The predicted octanol–water partition coefficient (Wildman–Crippen LogP) is 4.31. The Bertz CT molecular complexity index is 827. The van der Waals surface area contributed by atoms with E-state index in [2.05, 4.69) is 19.9 Å². The van der Waals surface area contributed by atoms with Crippen molar-refractivity contribution in [3.8, 4) is 0 Å². The van der Waals surface area contributed by atoms with E-state index < -0.39 is 0 Å². The van der Waals surface area contributed by atoms with Crippen LogP contribution in [-0.2, 0) is 14.3 Å². The molecule has 1 heterocycles. The third-order valence-electron chi connectivity index (χ3n) is 10.9. The largest absolute Gasteiger partial charge is 0.458 e. The van der Waals surface area contributed by atoms with E-state index in [0.717, 1.165) is 48.9 Å². The second-order valence-electron chi connectivity index (χ2n) is 11.5. The minimum Gasteiger partial charge on any atom is -0.458 e. The zero-order chi connectivity index (χ0) is 18.3. The van der Waals surface area contributed by atoms with Crippen LogP contribution < -0.4 is 0 Å². The van der Waals surface area contributed by atoms with Crippen LogP contribution in [0.15, 0.2) is 11.6 Å². The second-order valence-corrected chi connectivity index (χ2v) is 11.5. The number of fused-ring (bicyclic) bond motifs is 12. The normalized spacial score (nSPS) is 62.0. The standard InChI is InChI=1S/C24H30O3/c1-22-6-3-12(25)9-17(22)13-10-14(13)20-16(22)4-7-23(2)21(20)15-11-18(15)24(23)8-5-19(26)27-24/h9,13-16,18,20-21H,3-8,10-11H2,1-2H3/t13-,14+,15-,16-,18+,20-,21-,22-,23+,24?/m1/s1. The van der Waals surface area contributed by atoms with Gasteiger partial charge >= 0.3 is 5.97 Å². The molecule has 10 atom stereocenters. The second kappa shape index (κ2) is 4.39. The first-order chi connectivity index (χ1) is 12.9. The molecule has 0 aromatic carbocycles. The van der Waals surface area contributed by atoms with E-state index >= 15 is 0 Å². The van der Waals surface area contributed by atoms with Crippen LogP contribution in [0.25, 0.3) is 0 Å². The number of hydrogen-bond acceptors (Lipinski definition) is 3. The van der Waals surface area contributed by atoms with E-state index in [1.807, 2.05) is 0 Å². The van der Waals surface area contributed by atoms with Crippen LogP contribution in [-0.4, -0.2) is 17.4 Å². The van der Waals surface area contributed by atoms with Crippen molar-refractivity contribution in [3.63, 3.8) is 0 Å². The van der Waals surface area contributed by atoms with Crippen molar-refractivity contribution in [1.29, 1.82) is 0 Å². The Morgan fingerprint density at radius 1 is 1.00 bits per heavy atom. The lowest BCUT2D eigenvalue weighted by Crippen LogP contribution is -2.57. The van der Waals surface area contributed by atoms with Gasteiger partial charge in [-0.15, -0.1) is 0 Å². The predicted molar refractivity (Wildman–Crippen MR) is 99.5 cm³/mol. The van der Waals surface area contributed by atoms with Crippen molar-refractivity contribution in [3.05, 3.63) is 11.6 Å². The molecular formula is C24H30O3. The van der Waals surface area contributed by atoms with Crippen LogP contribution in [0.1, 0.15) is 65.2 Å². The van der Waals surface area contributed by atoms with Gasteiger partial charge in [-0.3, -0.25) is 9.59 Å². The molecule has 1 aliphatic heterocycles. The molecule has 0 radical (unpaired) electrons. The minimum absolute atomic E-state index is 0.0561. The third-order valence-corrected chi connectivity index (χ3v) is 10.9. The lowest BCUT2D eigenvalue weighted by Gasteiger charge is -2.60. The molecule has 1 saturated heterocycles. The van der Waals surface area contributed by atoms with Crippen LogP contribution in [0.3, 0.4) is 0 Å². The summed E-state index contributed by atoms with van der Waals surface area (Å²) in [6.07, 6.45) is 10.6. The average Bonchev–Trinajstić information content (AvgIpc) is 3.53. The molecule has 0 N–H and O–H groups in total. The molecule has 27 heavy (non-hydrogen) atoms. The Morgan fingerprint density at radius 3 is 2.63 bits per heavy atom. The molecule has 5 saturated carbocycles. The van der Waals surface area contributed by atoms with Gasteiger partial charge in [0.05, 0.1) is 0 Å². The monoisotopic (exact) mass is 366 g/mol. The molecule has 144 valence electrons. The van der Waals surface area contributed by atoms with Crippen LogP contribution in [0.5, 0.6) is 0 Å². The van der Waals surface area contributed by atoms with E-state index in [0.29, 0.717) is 24.0 Å². The molecule has 6 aliphatic carbocycles. The first-order valence-electron chi connectivity index (χ1n) is 11.4. The quantitative estimate of drug-likeness (QED) is 0.600. The van der Waals surface area contributed by atoms with Gasteiger partial charge in [-0.05, 0) is 85.5 Å². The highest BCUT2D eigenvalue weighted by molar-refractivity contribution is 5.92. The molecular weight excluding hydrogens is 336 g/mol. The SMILES string of the molecule is C[C@]12CCC(=O)C=C1[C@@H]1C[C@@H]1[C@H]1[C@H]3[C@@H]4C[C@@H]4C4(CCC(=O)O4)[C@@]3(C)CC[C@H]12. The highest BCUT2D eigenvalue weighted by atomic mass is 16.6. The fourth-order valence-electron chi connectivity index (χ4n) is 9.74. The van der Waals surface area contributed by atoms with Crippen molar-refractivity contribution in [2.24, 2.45) is 52.3 Å². The van der Waals surface area contributed by atoms with Gasteiger partial charge in [0.1, 0.15) is 5.60 Å². The Hall–Kier alpha value is -1.12. The average molecular weight is 367 g/mol. The van der Waals surface area contributed by atoms with Gasteiger partial charge < -0.3 is 4.74 Å². The molecule has 3 heteroatoms. The van der Waals surface area contributed by atoms with E-state index in [-0.39, 0.29) is 22.4 Å².